The topological polar surface area (TPSA) is 225 Å². The van der Waals surface area contributed by atoms with E-state index in [1.54, 1.807) is 12.1 Å². The third kappa shape index (κ3) is 16.3. The maximum Gasteiger partial charge on any atom is 0.573 e. The smallest absolute Gasteiger partial charge is 0.480 e. The van der Waals surface area contributed by atoms with Gasteiger partial charge in [0.1, 0.15) is 54.2 Å². The van der Waals surface area contributed by atoms with E-state index < -0.39 is 93.7 Å². The van der Waals surface area contributed by atoms with E-state index in [0.29, 0.717) is 38.2 Å². The summed E-state index contributed by atoms with van der Waals surface area (Å²) in [6.07, 6.45) is -10.7. The lowest BCUT2D eigenvalue weighted by Crippen LogP contribution is -2.40. The molecular formula is C47H42ClF10N7O9S2. The fourth-order valence-electron chi connectivity index (χ4n) is 7.48. The number of nitrogens with zero attached hydrogens (tertiary/aromatic N) is 6. The van der Waals surface area contributed by atoms with Crippen LogP contribution in [0.4, 0.5) is 43.9 Å². The Morgan fingerprint density at radius 3 is 1.38 bits per heavy atom. The summed E-state index contributed by atoms with van der Waals surface area (Å²) in [5.41, 5.74) is 8.66. The van der Waals surface area contributed by atoms with E-state index in [1.165, 1.54) is 49.1 Å². The first-order valence-corrected chi connectivity index (χ1v) is 24.7. The van der Waals surface area contributed by atoms with Gasteiger partial charge in [-0.05, 0) is 116 Å². The zero-order chi connectivity index (χ0) is 54.9. The second kappa shape index (κ2) is 25.3. The number of hydrogen-bond acceptors (Lipinski definition) is 13. The van der Waals surface area contributed by atoms with Gasteiger partial charge in [0.05, 0.1) is 32.9 Å². The van der Waals surface area contributed by atoms with E-state index in [4.69, 9.17) is 10.8 Å². The van der Waals surface area contributed by atoms with Gasteiger partial charge in [-0.25, -0.2) is 54.3 Å². The number of ketones is 1. The fourth-order valence-corrected chi connectivity index (χ4v) is 10.7. The molecule has 408 valence electrons. The van der Waals surface area contributed by atoms with Crippen molar-refractivity contribution in [1.82, 2.24) is 28.5 Å². The molecule has 0 radical (unpaired) electrons. The third-order valence-corrected chi connectivity index (χ3v) is 14.7. The molecule has 2 fully saturated rings. The largest absolute Gasteiger partial charge is 0.573 e. The first-order valence-electron chi connectivity index (χ1n) is 21.8. The number of carboxylic acid groups (broad SMARTS) is 1. The molecule has 29 heteroatoms. The molecule has 0 saturated carbocycles. The number of carboxylic acids is 1. The highest BCUT2D eigenvalue weighted by molar-refractivity contribution is 7.89. The Kier molecular flexibility index (Phi) is 20.0. The van der Waals surface area contributed by atoms with Crippen molar-refractivity contribution in [1.29, 1.82) is 0 Å². The number of rotatable bonds is 14. The number of hydrogen-bond donors (Lipinski definition) is 2. The number of nitrogens with two attached hydrogens (primary N) is 1. The molecular weight excluding hydrogens is 1100 g/mol. The molecule has 6 aromatic rings. The van der Waals surface area contributed by atoms with Crippen molar-refractivity contribution < 1.29 is 84.9 Å². The van der Waals surface area contributed by atoms with Crippen LogP contribution in [0.3, 0.4) is 0 Å². The van der Waals surface area contributed by atoms with E-state index in [1.807, 2.05) is 0 Å². The molecule has 2 aliphatic heterocycles. The number of halogens is 11. The molecule has 3 N–H and O–H groups in total. The Morgan fingerprint density at radius 2 is 0.987 bits per heavy atom. The van der Waals surface area contributed by atoms with Crippen LogP contribution in [0.15, 0.2) is 132 Å². The SMILES string of the molecule is Cl.NCc1cc(-c2ccc(OC(F)(F)F)cc2)ncn1.O=C(CCc1cc(-c2ccc(OC(F)(F)F)cc2)ncn1)[C@@H]1C[C@@H](F)CN1S(=O)(=O)c1ccc(F)cc1.O=C(O)[C@@H]1C[C@@H](F)CN1S(=O)(=O)c1ccc(F)cc1. The number of aryl methyl sites for hydroxylation is 1. The van der Waals surface area contributed by atoms with Crippen LogP contribution in [0.2, 0.25) is 0 Å². The van der Waals surface area contributed by atoms with Crippen LogP contribution in [-0.4, -0.2) is 112 Å². The average Bonchev–Trinajstić information content (AvgIpc) is 3.97. The predicted octanol–water partition coefficient (Wildman–Crippen LogP) is 8.42. The summed E-state index contributed by atoms with van der Waals surface area (Å²) in [6, 6.07) is 19.1. The maximum atomic E-state index is 14.2. The summed E-state index contributed by atoms with van der Waals surface area (Å²) < 4.78 is 186. The molecule has 4 heterocycles. The quantitative estimate of drug-likeness (QED) is 0.0977. The van der Waals surface area contributed by atoms with E-state index in [-0.39, 0.29) is 65.9 Å². The van der Waals surface area contributed by atoms with E-state index in [2.05, 4.69) is 29.4 Å². The molecule has 8 rings (SSSR count). The second-order valence-corrected chi connectivity index (χ2v) is 20.0. The van der Waals surface area contributed by atoms with Gasteiger partial charge < -0.3 is 20.3 Å². The first kappa shape index (κ1) is 60.0. The minimum absolute atomic E-state index is 0. The summed E-state index contributed by atoms with van der Waals surface area (Å²) in [4.78, 5) is 39.5. The number of Topliss-reactive ketones (excluding diaryl/α,β-unsaturated/α-hetero) is 1. The first-order chi connectivity index (χ1) is 35.2. The highest BCUT2D eigenvalue weighted by atomic mass is 35.5. The maximum absolute atomic E-state index is 14.2. The van der Waals surface area contributed by atoms with Gasteiger partial charge in [-0.15, -0.1) is 38.7 Å². The van der Waals surface area contributed by atoms with Crippen LogP contribution >= 0.6 is 12.4 Å². The van der Waals surface area contributed by atoms with Gasteiger partial charge in [0.2, 0.25) is 20.0 Å². The molecule has 4 aromatic carbocycles. The number of sulfonamides is 2. The molecule has 0 spiro atoms. The Morgan fingerprint density at radius 1 is 0.605 bits per heavy atom. The van der Waals surface area contributed by atoms with Gasteiger partial charge in [0.25, 0.3) is 0 Å². The summed E-state index contributed by atoms with van der Waals surface area (Å²) in [5.74, 6) is -3.81. The van der Waals surface area contributed by atoms with Gasteiger partial charge in [0, 0.05) is 55.7 Å². The second-order valence-electron chi connectivity index (χ2n) is 16.2. The molecule has 4 atom stereocenters. The van der Waals surface area contributed by atoms with Crippen molar-refractivity contribution in [2.45, 2.75) is 79.2 Å². The zero-order valence-electron chi connectivity index (χ0n) is 38.8. The fraction of sp³-hybridized carbons (Fsp3) is 0.277. The van der Waals surface area contributed by atoms with Gasteiger partial charge in [0.15, 0.2) is 5.78 Å². The number of aromatic nitrogens is 4. The Balaban J connectivity index is 0.000000230. The lowest BCUT2D eigenvalue weighted by Gasteiger charge is -2.22. The Hall–Kier alpha value is -6.85. The van der Waals surface area contributed by atoms with Gasteiger partial charge in [-0.1, -0.05) is 0 Å². The number of carbonyl (C=O) groups excluding carboxylic acids is 1. The zero-order valence-corrected chi connectivity index (χ0v) is 41.2. The molecule has 76 heavy (non-hydrogen) atoms. The third-order valence-electron chi connectivity index (χ3n) is 11.0. The van der Waals surface area contributed by atoms with Gasteiger partial charge in [-0.3, -0.25) is 9.59 Å². The molecule has 0 aliphatic carbocycles. The van der Waals surface area contributed by atoms with Crippen molar-refractivity contribution in [3.63, 3.8) is 0 Å². The molecule has 2 aliphatic rings. The average molecular weight is 1140 g/mol. The number of benzene rings is 4. The van der Waals surface area contributed by atoms with Crippen LogP contribution in [0.25, 0.3) is 22.5 Å². The monoisotopic (exact) mass is 1140 g/mol. The number of aliphatic carboxylic acids is 1. The Bertz CT molecular complexity index is 3150. The van der Waals surface area contributed by atoms with Crippen LogP contribution in [-0.2, 0) is 42.6 Å². The van der Waals surface area contributed by atoms with Crippen molar-refractivity contribution in [2.75, 3.05) is 13.1 Å². The van der Waals surface area contributed by atoms with E-state index >= 15 is 0 Å². The molecule has 2 aromatic heterocycles. The summed E-state index contributed by atoms with van der Waals surface area (Å²) in [7, 11) is -8.36. The molecule has 0 amide bonds. The summed E-state index contributed by atoms with van der Waals surface area (Å²) in [6.45, 7) is -0.719. The van der Waals surface area contributed by atoms with Crippen molar-refractivity contribution in [3.8, 4) is 34.0 Å². The minimum atomic E-state index is -4.81. The minimum Gasteiger partial charge on any atom is -0.480 e. The number of ether oxygens (including phenoxy) is 2. The number of carbonyl (C=O) groups is 2. The van der Waals surface area contributed by atoms with Crippen molar-refractivity contribution in [3.05, 3.63) is 145 Å². The van der Waals surface area contributed by atoms with Gasteiger partial charge >= 0.3 is 18.7 Å². The highest BCUT2D eigenvalue weighted by Gasteiger charge is 2.45. The van der Waals surface area contributed by atoms with E-state index in [9.17, 15) is 70.3 Å². The van der Waals surface area contributed by atoms with Crippen LogP contribution < -0.4 is 15.2 Å². The highest BCUT2D eigenvalue weighted by Crippen LogP contribution is 2.32. The molecule has 2 saturated heterocycles. The molecule has 0 bridgehead atoms. The predicted molar refractivity (Wildman–Crippen MR) is 252 cm³/mol. The lowest BCUT2D eigenvalue weighted by atomic mass is 10.0. The summed E-state index contributed by atoms with van der Waals surface area (Å²) in [5, 5.41) is 8.92. The normalized spacial score (nSPS) is 18.0. The standard InChI is InChI=1S/C24H20F5N3O4S.C12H10F3N3O.C11H11F2NO4S.ClH/c25-16-3-8-20(9-4-16)37(34,35)32-13-17(26)11-22(32)23(33)10-5-18-12-21(31-14-30-18)15-1-6-19(7-2-15)36-24(27,28)29;13-12(14,15)19-10-3-1-8(2-4-10)11-5-9(6-16)17-7-18-11;12-7-1-3-9(4-2-7)19(17,18)14-6-8(13)5-10(14)11(15)16;/h1-4,6-9,12,14,17,22H,5,10-11,13H2;1-5,7H,6,16H2;1-4,8,10H,5-6H2,(H,15,16);1H/t17-,22+;;8-,10+;/m1.1./s1. The van der Waals surface area contributed by atoms with Crippen molar-refractivity contribution >= 4 is 44.2 Å². The summed E-state index contributed by atoms with van der Waals surface area (Å²) >= 11 is 0. The van der Waals surface area contributed by atoms with Crippen LogP contribution in [0.1, 0.15) is 30.7 Å². The van der Waals surface area contributed by atoms with E-state index in [0.717, 1.165) is 65.0 Å². The Labute approximate surface area is 433 Å². The van der Waals surface area contributed by atoms with Crippen molar-refractivity contribution in [2.24, 2.45) is 5.73 Å². The lowest BCUT2D eigenvalue weighted by molar-refractivity contribution is -0.275. The number of alkyl halides is 8. The molecule has 16 nitrogen and oxygen atoms in total. The van der Waals surface area contributed by atoms with Crippen LogP contribution in [0, 0.1) is 11.6 Å². The van der Waals surface area contributed by atoms with Gasteiger partial charge in [-0.2, -0.15) is 8.61 Å². The van der Waals surface area contributed by atoms with Crippen LogP contribution in [0.5, 0.6) is 11.5 Å². The molecule has 0 unspecified atom stereocenters.